The van der Waals surface area contributed by atoms with Crippen LogP contribution in [0.3, 0.4) is 0 Å². The average Bonchev–Trinajstić information content (AvgIpc) is 2.68. The van der Waals surface area contributed by atoms with E-state index in [1.807, 2.05) is 26.5 Å². The van der Waals surface area contributed by atoms with Crippen LogP contribution in [0.1, 0.15) is 38.2 Å². The van der Waals surface area contributed by atoms with Crippen molar-refractivity contribution in [3.8, 4) is 0 Å². The second-order valence-electron chi connectivity index (χ2n) is 6.81. The van der Waals surface area contributed by atoms with Crippen LogP contribution in [-0.2, 0) is 6.54 Å². The lowest BCUT2D eigenvalue weighted by molar-refractivity contribution is 0.00257. The number of hydrogen-bond donors (Lipinski definition) is 1. The Labute approximate surface area is 144 Å². The topological polar surface area (TPSA) is 52.5 Å². The Balaban J connectivity index is 1.86. The lowest BCUT2D eigenvalue weighted by Gasteiger charge is -2.30. The molecular formula is C17H30N4OS. The fourth-order valence-electron chi connectivity index (χ4n) is 3.09. The minimum absolute atomic E-state index is 0.546. The van der Waals surface area contributed by atoms with E-state index in [0.29, 0.717) is 0 Å². The quantitative estimate of drug-likeness (QED) is 0.608. The Hall–Kier alpha value is -0.690. The van der Waals surface area contributed by atoms with Crippen molar-refractivity contribution >= 4 is 11.8 Å². The molecule has 1 aromatic heterocycles. The first-order valence-corrected chi connectivity index (χ1v) is 9.52. The average molecular weight is 339 g/mol. The van der Waals surface area contributed by atoms with E-state index in [1.54, 1.807) is 11.8 Å². The SMILES string of the molecule is CCCSc1ncc(CN2CCC[C@](O)(CN(C)C)CC2)cn1. The predicted molar refractivity (Wildman–Crippen MR) is 95.7 cm³/mol. The summed E-state index contributed by atoms with van der Waals surface area (Å²) >= 11 is 1.71. The fraction of sp³-hybridized carbons (Fsp3) is 0.765. The molecule has 0 radical (unpaired) electrons. The number of likely N-dealkylation sites (tertiary alicyclic amines) is 1. The molecule has 5 nitrogen and oxygen atoms in total. The molecule has 0 bridgehead atoms. The number of likely N-dealkylation sites (N-methyl/N-ethyl adjacent to an activating group) is 1. The maximum atomic E-state index is 10.7. The number of rotatable bonds is 7. The van der Waals surface area contributed by atoms with Crippen LogP contribution in [0.4, 0.5) is 0 Å². The largest absolute Gasteiger partial charge is 0.389 e. The number of nitrogens with zero attached hydrogens (tertiary/aromatic N) is 4. The third-order valence-electron chi connectivity index (χ3n) is 4.14. The summed E-state index contributed by atoms with van der Waals surface area (Å²) in [6.07, 6.45) is 7.78. The van der Waals surface area contributed by atoms with Gasteiger partial charge in [0.05, 0.1) is 5.60 Å². The molecule has 6 heteroatoms. The molecule has 1 aliphatic heterocycles. The molecule has 0 spiro atoms. The van der Waals surface area contributed by atoms with Crippen LogP contribution in [0.15, 0.2) is 17.6 Å². The van der Waals surface area contributed by atoms with Crippen molar-refractivity contribution in [3.63, 3.8) is 0 Å². The molecule has 2 rings (SSSR count). The van der Waals surface area contributed by atoms with Crippen LogP contribution in [0, 0.1) is 0 Å². The summed E-state index contributed by atoms with van der Waals surface area (Å²) in [5, 5.41) is 11.6. The van der Waals surface area contributed by atoms with Crippen molar-refractivity contribution in [2.75, 3.05) is 39.5 Å². The molecule has 130 valence electrons. The summed E-state index contributed by atoms with van der Waals surface area (Å²) in [5.74, 6) is 1.07. The zero-order valence-corrected chi connectivity index (χ0v) is 15.5. The highest BCUT2D eigenvalue weighted by molar-refractivity contribution is 7.99. The van der Waals surface area contributed by atoms with E-state index in [4.69, 9.17) is 0 Å². The molecule has 1 fully saturated rings. The molecule has 2 heterocycles. The van der Waals surface area contributed by atoms with Gasteiger partial charge in [-0.2, -0.15) is 0 Å². The van der Waals surface area contributed by atoms with Crippen LogP contribution in [-0.4, -0.2) is 70.0 Å². The van der Waals surface area contributed by atoms with Crippen molar-refractivity contribution in [2.24, 2.45) is 0 Å². The zero-order chi connectivity index (χ0) is 16.7. The molecular weight excluding hydrogens is 308 g/mol. The molecule has 1 aromatic rings. The van der Waals surface area contributed by atoms with E-state index in [0.717, 1.165) is 68.3 Å². The van der Waals surface area contributed by atoms with Crippen LogP contribution in [0.25, 0.3) is 0 Å². The van der Waals surface area contributed by atoms with E-state index >= 15 is 0 Å². The van der Waals surface area contributed by atoms with Crippen molar-refractivity contribution in [2.45, 2.75) is 49.9 Å². The maximum Gasteiger partial charge on any atom is 0.187 e. The molecule has 0 unspecified atom stereocenters. The van der Waals surface area contributed by atoms with Gasteiger partial charge in [-0.05, 0) is 46.3 Å². The van der Waals surface area contributed by atoms with E-state index in [-0.39, 0.29) is 0 Å². The Morgan fingerprint density at radius 3 is 2.65 bits per heavy atom. The molecule has 1 N–H and O–H groups in total. The third-order valence-corrected chi connectivity index (χ3v) is 5.22. The molecule has 0 aliphatic carbocycles. The first-order chi connectivity index (χ1) is 11.0. The van der Waals surface area contributed by atoms with Crippen molar-refractivity contribution in [3.05, 3.63) is 18.0 Å². The molecule has 0 aromatic carbocycles. The molecule has 1 atom stereocenters. The number of thioether (sulfide) groups is 1. The fourth-order valence-corrected chi connectivity index (χ4v) is 3.73. The van der Waals surface area contributed by atoms with Gasteiger partial charge < -0.3 is 10.0 Å². The third kappa shape index (κ3) is 6.37. The number of aromatic nitrogens is 2. The van der Waals surface area contributed by atoms with Gasteiger partial charge in [-0.1, -0.05) is 18.7 Å². The van der Waals surface area contributed by atoms with Gasteiger partial charge >= 0.3 is 0 Å². The Morgan fingerprint density at radius 2 is 2.00 bits per heavy atom. The van der Waals surface area contributed by atoms with Gasteiger partial charge in [0.15, 0.2) is 5.16 Å². The Morgan fingerprint density at radius 1 is 1.26 bits per heavy atom. The summed E-state index contributed by atoms with van der Waals surface area (Å²) in [6.45, 7) is 5.74. The maximum absolute atomic E-state index is 10.7. The number of hydrogen-bond acceptors (Lipinski definition) is 6. The predicted octanol–water partition coefficient (Wildman–Crippen LogP) is 2.26. The zero-order valence-electron chi connectivity index (χ0n) is 14.7. The van der Waals surface area contributed by atoms with Gasteiger partial charge in [-0.3, -0.25) is 4.90 Å². The summed E-state index contributed by atoms with van der Waals surface area (Å²) in [4.78, 5) is 13.4. The van der Waals surface area contributed by atoms with E-state index in [1.165, 1.54) is 0 Å². The summed E-state index contributed by atoms with van der Waals surface area (Å²) < 4.78 is 0. The Bertz CT molecular complexity index is 468. The molecule has 0 saturated carbocycles. The molecule has 1 saturated heterocycles. The minimum Gasteiger partial charge on any atom is -0.389 e. The lowest BCUT2D eigenvalue weighted by Crippen LogP contribution is -2.40. The van der Waals surface area contributed by atoms with Crippen LogP contribution >= 0.6 is 11.8 Å². The first-order valence-electron chi connectivity index (χ1n) is 8.54. The van der Waals surface area contributed by atoms with Gasteiger partial charge in [0.2, 0.25) is 0 Å². The van der Waals surface area contributed by atoms with Gasteiger partial charge in [0.1, 0.15) is 0 Å². The van der Waals surface area contributed by atoms with Crippen molar-refractivity contribution in [1.29, 1.82) is 0 Å². The van der Waals surface area contributed by atoms with Crippen molar-refractivity contribution in [1.82, 2.24) is 19.8 Å². The second kappa shape index (κ2) is 8.97. The van der Waals surface area contributed by atoms with Crippen LogP contribution in [0.2, 0.25) is 0 Å². The highest BCUT2D eigenvalue weighted by Crippen LogP contribution is 2.24. The van der Waals surface area contributed by atoms with Crippen LogP contribution in [0.5, 0.6) is 0 Å². The molecule has 23 heavy (non-hydrogen) atoms. The summed E-state index contributed by atoms with van der Waals surface area (Å²) in [5.41, 5.74) is 0.610. The van der Waals surface area contributed by atoms with E-state index < -0.39 is 5.60 Å². The minimum atomic E-state index is -0.546. The monoisotopic (exact) mass is 338 g/mol. The normalized spacial score (nSPS) is 23.2. The molecule has 0 amide bonds. The van der Waals surface area contributed by atoms with Gasteiger partial charge in [0.25, 0.3) is 0 Å². The number of aliphatic hydroxyl groups is 1. The second-order valence-corrected chi connectivity index (χ2v) is 7.88. The van der Waals surface area contributed by atoms with Gasteiger partial charge in [-0.25, -0.2) is 9.97 Å². The molecule has 1 aliphatic rings. The van der Waals surface area contributed by atoms with E-state index in [9.17, 15) is 5.11 Å². The Kier molecular flexibility index (Phi) is 7.27. The van der Waals surface area contributed by atoms with Crippen molar-refractivity contribution < 1.29 is 5.11 Å². The highest BCUT2D eigenvalue weighted by atomic mass is 32.2. The standard InChI is InChI=1S/C17H30N4OS/c1-4-10-23-16-18-11-15(12-19-16)13-21-8-5-6-17(22,7-9-21)14-20(2)3/h11-12,22H,4-10,13-14H2,1-3H3/t17-/m1/s1. The van der Waals surface area contributed by atoms with Gasteiger partial charge in [-0.15, -0.1) is 0 Å². The van der Waals surface area contributed by atoms with Gasteiger partial charge in [0, 0.05) is 43.3 Å². The van der Waals surface area contributed by atoms with E-state index in [2.05, 4.69) is 26.7 Å². The smallest absolute Gasteiger partial charge is 0.187 e. The summed E-state index contributed by atoms with van der Waals surface area (Å²) in [6, 6.07) is 0. The lowest BCUT2D eigenvalue weighted by atomic mass is 9.94. The van der Waals surface area contributed by atoms with Crippen LogP contribution < -0.4 is 0 Å². The summed E-state index contributed by atoms with van der Waals surface area (Å²) in [7, 11) is 4.05. The highest BCUT2D eigenvalue weighted by Gasteiger charge is 2.30. The first kappa shape index (κ1) is 18.6.